The van der Waals surface area contributed by atoms with Gasteiger partial charge in [-0.15, -0.1) is 0 Å². The van der Waals surface area contributed by atoms with E-state index in [4.69, 9.17) is 22.5 Å². The van der Waals surface area contributed by atoms with E-state index in [1.807, 2.05) is 0 Å². The van der Waals surface area contributed by atoms with E-state index in [1.54, 1.807) is 0 Å². The molecule has 0 atom stereocenters. The first-order chi connectivity index (χ1) is 7.95. The summed E-state index contributed by atoms with van der Waals surface area (Å²) in [5.41, 5.74) is 5.49. The van der Waals surface area contributed by atoms with E-state index in [-0.39, 0.29) is 23.0 Å². The Kier molecular flexibility index (Phi) is 4.28. The van der Waals surface area contributed by atoms with Gasteiger partial charge in [0, 0.05) is 12.6 Å². The van der Waals surface area contributed by atoms with Crippen molar-refractivity contribution in [1.29, 1.82) is 0 Å². The molecule has 1 rings (SSSR count). The van der Waals surface area contributed by atoms with Crippen LogP contribution in [0.1, 0.15) is 10.4 Å². The van der Waals surface area contributed by atoms with Crippen LogP contribution in [0.25, 0.3) is 0 Å². The summed E-state index contributed by atoms with van der Waals surface area (Å²) in [4.78, 5) is 13.0. The summed E-state index contributed by atoms with van der Waals surface area (Å²) in [6.45, 7) is -0.0374. The van der Waals surface area contributed by atoms with Gasteiger partial charge in [0.25, 0.3) is 5.91 Å². The lowest BCUT2D eigenvalue weighted by Crippen LogP contribution is -2.35. The van der Waals surface area contributed by atoms with Gasteiger partial charge in [0.1, 0.15) is 5.82 Å². The monoisotopic (exact) mass is 259 g/mol. The zero-order valence-corrected chi connectivity index (χ0v) is 9.78. The van der Waals surface area contributed by atoms with Gasteiger partial charge in [-0.05, 0) is 18.2 Å². The maximum absolute atomic E-state index is 12.9. The zero-order chi connectivity index (χ0) is 13.0. The van der Waals surface area contributed by atoms with Crippen LogP contribution >= 0.6 is 11.6 Å². The highest BCUT2D eigenvalue weighted by Gasteiger charge is 2.14. The van der Waals surface area contributed by atoms with Gasteiger partial charge in [-0.3, -0.25) is 4.79 Å². The van der Waals surface area contributed by atoms with Crippen molar-refractivity contribution in [2.24, 2.45) is 10.9 Å². The molecule has 7 heteroatoms. The van der Waals surface area contributed by atoms with Crippen molar-refractivity contribution in [3.05, 3.63) is 34.6 Å². The molecule has 92 valence electrons. The molecule has 0 bridgehead atoms. The summed E-state index contributed by atoms with van der Waals surface area (Å²) in [5.74, 6) is -1.10. The number of carbonyl (C=O) groups excluding carboxylic acids is 1. The predicted molar refractivity (Wildman–Crippen MR) is 61.8 cm³/mol. The molecule has 0 saturated heterocycles. The molecule has 0 aliphatic rings. The van der Waals surface area contributed by atoms with E-state index < -0.39 is 11.7 Å². The Hall–Kier alpha value is -1.82. The Morgan fingerprint density at radius 1 is 1.65 bits per heavy atom. The van der Waals surface area contributed by atoms with Crippen LogP contribution in [-0.2, 0) is 0 Å². The van der Waals surface area contributed by atoms with Crippen LogP contribution < -0.4 is 5.73 Å². The lowest BCUT2D eigenvalue weighted by Gasteiger charge is -2.16. The van der Waals surface area contributed by atoms with Gasteiger partial charge in [0.05, 0.1) is 11.6 Å². The molecule has 0 unspecified atom stereocenters. The smallest absolute Gasteiger partial charge is 0.254 e. The predicted octanol–water partition coefficient (Wildman–Crippen LogP) is 1.30. The van der Waals surface area contributed by atoms with E-state index in [0.717, 1.165) is 6.07 Å². The Balaban J connectivity index is 2.85. The molecule has 0 aliphatic carbocycles. The van der Waals surface area contributed by atoms with Crippen molar-refractivity contribution in [2.45, 2.75) is 0 Å². The summed E-state index contributed by atoms with van der Waals surface area (Å²) in [7, 11) is 1.47. The number of hydrogen-bond acceptors (Lipinski definition) is 3. The number of oxime groups is 1. The molecule has 1 aromatic carbocycles. The van der Waals surface area contributed by atoms with Gasteiger partial charge in [-0.1, -0.05) is 16.8 Å². The van der Waals surface area contributed by atoms with Gasteiger partial charge < -0.3 is 15.8 Å². The standard InChI is InChI=1S/C10H11ClFN3O2/c1-15(5-9(13)14-17)10(16)6-2-3-8(12)7(11)4-6/h2-4,17H,5H2,1H3,(H2,13,14). The molecule has 17 heavy (non-hydrogen) atoms. The molecular formula is C10H11ClFN3O2. The number of hydrogen-bond donors (Lipinski definition) is 2. The second-order valence-corrected chi connectivity index (χ2v) is 3.79. The second kappa shape index (κ2) is 5.49. The van der Waals surface area contributed by atoms with Crippen LogP contribution in [0.4, 0.5) is 4.39 Å². The van der Waals surface area contributed by atoms with Crippen LogP contribution in [0, 0.1) is 5.82 Å². The quantitative estimate of drug-likeness (QED) is 0.372. The Labute approximate surface area is 102 Å². The zero-order valence-electron chi connectivity index (χ0n) is 9.02. The molecule has 1 aromatic rings. The number of benzene rings is 1. The number of likely N-dealkylation sites (N-methyl/N-ethyl adjacent to an activating group) is 1. The van der Waals surface area contributed by atoms with E-state index in [9.17, 15) is 9.18 Å². The first kappa shape index (κ1) is 13.2. The van der Waals surface area contributed by atoms with Gasteiger partial charge in [-0.25, -0.2) is 4.39 Å². The van der Waals surface area contributed by atoms with Crippen LogP contribution in [0.15, 0.2) is 23.4 Å². The minimum atomic E-state index is -0.595. The highest BCUT2D eigenvalue weighted by atomic mass is 35.5. The van der Waals surface area contributed by atoms with Crippen molar-refractivity contribution in [3.8, 4) is 0 Å². The topological polar surface area (TPSA) is 78.9 Å². The van der Waals surface area contributed by atoms with E-state index >= 15 is 0 Å². The van der Waals surface area contributed by atoms with Crippen molar-refractivity contribution in [3.63, 3.8) is 0 Å². The van der Waals surface area contributed by atoms with E-state index in [2.05, 4.69) is 5.16 Å². The third-order valence-corrected chi connectivity index (χ3v) is 2.33. The van der Waals surface area contributed by atoms with Crippen molar-refractivity contribution in [1.82, 2.24) is 4.90 Å². The molecule has 3 N–H and O–H groups in total. The van der Waals surface area contributed by atoms with Gasteiger partial charge in [-0.2, -0.15) is 0 Å². The fourth-order valence-corrected chi connectivity index (χ4v) is 1.38. The number of nitrogens with two attached hydrogens (primary N) is 1. The largest absolute Gasteiger partial charge is 0.409 e. The van der Waals surface area contributed by atoms with Gasteiger partial charge >= 0.3 is 0 Å². The molecule has 0 aromatic heterocycles. The Morgan fingerprint density at radius 3 is 2.82 bits per heavy atom. The molecule has 0 heterocycles. The van der Waals surface area contributed by atoms with Crippen LogP contribution in [0.5, 0.6) is 0 Å². The first-order valence-electron chi connectivity index (χ1n) is 4.62. The molecule has 5 nitrogen and oxygen atoms in total. The molecule has 0 aliphatic heterocycles. The third-order valence-electron chi connectivity index (χ3n) is 2.04. The average molecular weight is 260 g/mol. The minimum Gasteiger partial charge on any atom is -0.409 e. The number of halogens is 2. The second-order valence-electron chi connectivity index (χ2n) is 3.38. The average Bonchev–Trinajstić information content (AvgIpc) is 2.31. The Bertz CT molecular complexity index is 465. The molecule has 0 saturated carbocycles. The van der Waals surface area contributed by atoms with Crippen molar-refractivity contribution < 1.29 is 14.4 Å². The fraction of sp³-hybridized carbons (Fsp3) is 0.200. The van der Waals surface area contributed by atoms with Crippen LogP contribution in [0.2, 0.25) is 5.02 Å². The molecule has 0 fully saturated rings. The first-order valence-corrected chi connectivity index (χ1v) is 5.00. The normalized spacial score (nSPS) is 11.4. The number of nitrogens with zero attached hydrogens (tertiary/aromatic N) is 2. The maximum atomic E-state index is 12.9. The molecule has 0 spiro atoms. The molecule has 0 radical (unpaired) electrons. The summed E-state index contributed by atoms with van der Waals surface area (Å²) in [5, 5.41) is 11.0. The summed E-state index contributed by atoms with van der Waals surface area (Å²) in [6.07, 6.45) is 0. The number of carbonyl (C=O) groups is 1. The SMILES string of the molecule is CN(C/C(N)=N/O)C(=O)c1ccc(F)c(Cl)c1. The molecule has 1 amide bonds. The summed E-state index contributed by atoms with van der Waals surface area (Å²) < 4.78 is 12.9. The van der Waals surface area contributed by atoms with Crippen molar-refractivity contribution in [2.75, 3.05) is 13.6 Å². The molecular weight excluding hydrogens is 249 g/mol. The number of amidine groups is 1. The third kappa shape index (κ3) is 3.32. The van der Waals surface area contributed by atoms with E-state index in [1.165, 1.54) is 24.1 Å². The maximum Gasteiger partial charge on any atom is 0.254 e. The fourth-order valence-electron chi connectivity index (χ4n) is 1.20. The highest BCUT2D eigenvalue weighted by molar-refractivity contribution is 6.31. The number of amides is 1. The van der Waals surface area contributed by atoms with Crippen LogP contribution in [0.3, 0.4) is 0 Å². The minimum absolute atomic E-state index is 0.0374. The highest BCUT2D eigenvalue weighted by Crippen LogP contribution is 2.16. The van der Waals surface area contributed by atoms with E-state index in [0.29, 0.717) is 0 Å². The summed E-state index contributed by atoms with van der Waals surface area (Å²) in [6, 6.07) is 3.64. The summed E-state index contributed by atoms with van der Waals surface area (Å²) >= 11 is 5.56. The van der Waals surface area contributed by atoms with Gasteiger partial charge in [0.2, 0.25) is 0 Å². The Morgan fingerprint density at radius 2 is 2.29 bits per heavy atom. The lowest BCUT2D eigenvalue weighted by molar-refractivity contribution is 0.0813. The van der Waals surface area contributed by atoms with Gasteiger partial charge in [0.15, 0.2) is 5.84 Å². The number of rotatable bonds is 3. The van der Waals surface area contributed by atoms with Crippen molar-refractivity contribution >= 4 is 23.3 Å². The lowest BCUT2D eigenvalue weighted by atomic mass is 10.2. The van der Waals surface area contributed by atoms with Crippen LogP contribution in [-0.4, -0.2) is 35.4 Å².